The number of rotatable bonds is 0. The van der Waals surface area contributed by atoms with Gasteiger partial charge in [-0.25, -0.2) is 8.78 Å². The van der Waals surface area contributed by atoms with E-state index in [2.05, 4.69) is 24.4 Å². The SMILES string of the molecule is CC.Cc1ccc(F)c(F)c1.Cc1cccs1. The van der Waals surface area contributed by atoms with Crippen LogP contribution < -0.4 is 0 Å². The van der Waals surface area contributed by atoms with E-state index in [-0.39, 0.29) is 0 Å². The van der Waals surface area contributed by atoms with Crippen LogP contribution in [0.5, 0.6) is 0 Å². The monoisotopic (exact) mass is 256 g/mol. The van der Waals surface area contributed by atoms with Crippen molar-refractivity contribution < 1.29 is 8.78 Å². The largest absolute Gasteiger partial charge is 0.204 e. The molecule has 0 aliphatic carbocycles. The molecule has 0 nitrogen and oxygen atoms in total. The van der Waals surface area contributed by atoms with Crippen LogP contribution in [0, 0.1) is 25.5 Å². The Hall–Kier alpha value is -1.22. The average Bonchev–Trinajstić information content (AvgIpc) is 2.79. The number of aryl methyl sites for hydroxylation is 2. The molecular weight excluding hydrogens is 238 g/mol. The van der Waals surface area contributed by atoms with Gasteiger partial charge in [-0.2, -0.15) is 0 Å². The fourth-order valence-corrected chi connectivity index (χ4v) is 1.49. The number of halogens is 2. The van der Waals surface area contributed by atoms with Crippen molar-refractivity contribution in [2.75, 3.05) is 0 Å². The number of hydrogen-bond donors (Lipinski definition) is 0. The predicted octanol–water partition coefficient (Wildman–Crippen LogP) is 5.36. The second-order valence-electron chi connectivity index (χ2n) is 3.14. The number of thiophene rings is 1. The Morgan fingerprint density at radius 1 is 0.941 bits per heavy atom. The Labute approximate surface area is 106 Å². The van der Waals surface area contributed by atoms with Crippen LogP contribution >= 0.6 is 11.3 Å². The van der Waals surface area contributed by atoms with Crippen LogP contribution in [0.4, 0.5) is 8.78 Å². The van der Waals surface area contributed by atoms with Gasteiger partial charge in [0.05, 0.1) is 0 Å². The summed E-state index contributed by atoms with van der Waals surface area (Å²) in [5.41, 5.74) is 0.730. The van der Waals surface area contributed by atoms with Crippen LogP contribution in [-0.4, -0.2) is 0 Å². The Balaban J connectivity index is 0.000000278. The van der Waals surface area contributed by atoms with Crippen molar-refractivity contribution in [3.05, 3.63) is 57.8 Å². The van der Waals surface area contributed by atoms with Crippen LogP contribution in [0.2, 0.25) is 0 Å². The van der Waals surface area contributed by atoms with Crippen molar-refractivity contribution in [3.8, 4) is 0 Å². The van der Waals surface area contributed by atoms with Gasteiger partial charge >= 0.3 is 0 Å². The Bertz CT molecular complexity index is 408. The molecule has 94 valence electrons. The van der Waals surface area contributed by atoms with E-state index in [9.17, 15) is 8.78 Å². The molecule has 0 saturated carbocycles. The van der Waals surface area contributed by atoms with Crippen molar-refractivity contribution >= 4 is 11.3 Å². The average molecular weight is 256 g/mol. The van der Waals surface area contributed by atoms with Crippen molar-refractivity contribution in [1.29, 1.82) is 0 Å². The van der Waals surface area contributed by atoms with Gasteiger partial charge in [-0.05, 0) is 43.0 Å². The van der Waals surface area contributed by atoms with Crippen molar-refractivity contribution in [1.82, 2.24) is 0 Å². The highest BCUT2D eigenvalue weighted by Gasteiger charge is 1.97. The first-order chi connectivity index (χ1) is 8.09. The molecule has 1 aromatic carbocycles. The van der Waals surface area contributed by atoms with E-state index < -0.39 is 11.6 Å². The Morgan fingerprint density at radius 2 is 1.59 bits per heavy atom. The summed E-state index contributed by atoms with van der Waals surface area (Å²) in [7, 11) is 0. The summed E-state index contributed by atoms with van der Waals surface area (Å²) in [4.78, 5) is 1.38. The van der Waals surface area contributed by atoms with E-state index in [0.717, 1.165) is 17.7 Å². The third-order valence-electron chi connectivity index (χ3n) is 1.74. The quantitative estimate of drug-likeness (QED) is 0.595. The predicted molar refractivity (Wildman–Crippen MR) is 71.5 cm³/mol. The standard InChI is InChI=1S/C7H6F2.C5H6S.C2H6/c1-5-2-3-6(8)7(9)4-5;1-5-3-2-4-6-5;1-2/h2-4H,1H3;2-4H,1H3;1-2H3. The summed E-state index contributed by atoms with van der Waals surface area (Å²) in [5.74, 6) is -1.57. The first-order valence-corrected chi connectivity index (χ1v) is 6.39. The maximum atomic E-state index is 12.2. The normalized spacial score (nSPS) is 8.59. The summed E-state index contributed by atoms with van der Waals surface area (Å²) in [6.45, 7) is 7.81. The summed E-state index contributed by atoms with van der Waals surface area (Å²) < 4.78 is 24.3. The molecule has 2 aromatic rings. The zero-order chi connectivity index (χ0) is 13.3. The van der Waals surface area contributed by atoms with E-state index in [0.29, 0.717) is 0 Å². The third kappa shape index (κ3) is 6.84. The maximum Gasteiger partial charge on any atom is 0.159 e. The highest BCUT2D eigenvalue weighted by atomic mass is 32.1. The van der Waals surface area contributed by atoms with E-state index in [1.807, 2.05) is 13.8 Å². The van der Waals surface area contributed by atoms with Crippen LogP contribution in [0.15, 0.2) is 35.7 Å². The van der Waals surface area contributed by atoms with Crippen molar-refractivity contribution in [3.63, 3.8) is 0 Å². The first-order valence-electron chi connectivity index (χ1n) is 5.51. The molecule has 3 heteroatoms. The molecule has 0 radical (unpaired) electrons. The molecule has 0 N–H and O–H groups in total. The fourth-order valence-electron chi connectivity index (χ4n) is 0.962. The molecule has 1 heterocycles. The third-order valence-corrected chi connectivity index (χ3v) is 2.54. The van der Waals surface area contributed by atoms with E-state index in [1.165, 1.54) is 10.9 Å². The lowest BCUT2D eigenvalue weighted by molar-refractivity contribution is 0.508. The molecule has 0 unspecified atom stereocenters. The molecular formula is C14H18F2S. The molecule has 0 bridgehead atoms. The second kappa shape index (κ2) is 8.88. The smallest absolute Gasteiger partial charge is 0.159 e. The van der Waals surface area contributed by atoms with E-state index in [4.69, 9.17) is 0 Å². The molecule has 0 amide bonds. The zero-order valence-electron chi connectivity index (χ0n) is 10.6. The molecule has 0 spiro atoms. The minimum Gasteiger partial charge on any atom is -0.204 e. The van der Waals surface area contributed by atoms with Crippen molar-refractivity contribution in [2.45, 2.75) is 27.7 Å². The summed E-state index contributed by atoms with van der Waals surface area (Å²) in [6.07, 6.45) is 0. The number of hydrogen-bond acceptors (Lipinski definition) is 1. The van der Waals surface area contributed by atoms with Crippen molar-refractivity contribution in [2.24, 2.45) is 0 Å². The van der Waals surface area contributed by atoms with E-state index >= 15 is 0 Å². The van der Waals surface area contributed by atoms with Gasteiger partial charge in [0.1, 0.15) is 0 Å². The molecule has 0 fully saturated rings. The molecule has 0 aliphatic heterocycles. The van der Waals surface area contributed by atoms with Gasteiger partial charge in [0.25, 0.3) is 0 Å². The summed E-state index contributed by atoms with van der Waals surface area (Å²) in [6, 6.07) is 7.96. The highest BCUT2D eigenvalue weighted by molar-refractivity contribution is 7.09. The molecule has 17 heavy (non-hydrogen) atoms. The van der Waals surface area contributed by atoms with Gasteiger partial charge < -0.3 is 0 Å². The van der Waals surface area contributed by atoms with Gasteiger partial charge in [-0.1, -0.05) is 26.0 Å². The van der Waals surface area contributed by atoms with Crippen LogP contribution in [0.1, 0.15) is 24.3 Å². The van der Waals surface area contributed by atoms with E-state index in [1.54, 1.807) is 18.3 Å². The lowest BCUT2D eigenvalue weighted by atomic mass is 10.2. The fraction of sp³-hybridized carbons (Fsp3) is 0.286. The minimum absolute atomic E-state index is 0.730. The van der Waals surface area contributed by atoms with Gasteiger partial charge in [0.15, 0.2) is 11.6 Å². The lowest BCUT2D eigenvalue weighted by Gasteiger charge is -1.91. The first kappa shape index (κ1) is 15.8. The zero-order valence-corrected chi connectivity index (χ0v) is 11.4. The van der Waals surface area contributed by atoms with Gasteiger partial charge in [0, 0.05) is 4.88 Å². The number of benzene rings is 1. The summed E-state index contributed by atoms with van der Waals surface area (Å²) >= 11 is 1.78. The second-order valence-corrected chi connectivity index (χ2v) is 4.29. The van der Waals surface area contributed by atoms with Crippen LogP contribution in [-0.2, 0) is 0 Å². The van der Waals surface area contributed by atoms with Gasteiger partial charge in [-0.3, -0.25) is 0 Å². The Kier molecular flexibility index (Phi) is 8.24. The van der Waals surface area contributed by atoms with Crippen LogP contribution in [0.3, 0.4) is 0 Å². The van der Waals surface area contributed by atoms with Gasteiger partial charge in [-0.15, -0.1) is 11.3 Å². The molecule has 0 saturated heterocycles. The minimum atomic E-state index is -0.791. The summed E-state index contributed by atoms with van der Waals surface area (Å²) in [5, 5.41) is 2.08. The maximum absolute atomic E-state index is 12.2. The molecule has 2 rings (SSSR count). The lowest BCUT2D eigenvalue weighted by Crippen LogP contribution is -1.82. The molecule has 0 aliphatic rings. The Morgan fingerprint density at radius 3 is 1.88 bits per heavy atom. The van der Waals surface area contributed by atoms with Gasteiger partial charge in [0.2, 0.25) is 0 Å². The van der Waals surface area contributed by atoms with Crippen LogP contribution in [0.25, 0.3) is 0 Å². The highest BCUT2D eigenvalue weighted by Crippen LogP contribution is 2.06. The topological polar surface area (TPSA) is 0 Å². The molecule has 1 aromatic heterocycles. The molecule has 0 atom stereocenters.